The first-order valence-corrected chi connectivity index (χ1v) is 9.10. The summed E-state index contributed by atoms with van der Waals surface area (Å²) in [5.74, 6) is 0. The second kappa shape index (κ2) is 6.38. The maximum atomic E-state index is 12.1. The Morgan fingerprint density at radius 3 is 3.00 bits per heavy atom. The summed E-state index contributed by atoms with van der Waals surface area (Å²) in [6, 6.07) is 1.44. The second-order valence-corrected chi connectivity index (χ2v) is 9.07. The first-order chi connectivity index (χ1) is 8.88. The molecule has 1 aliphatic rings. The Hall–Kier alpha value is 0.300. The van der Waals surface area contributed by atoms with Crippen LogP contribution in [0.1, 0.15) is 0 Å². The van der Waals surface area contributed by atoms with Crippen LogP contribution in [0, 0.1) is 0 Å². The van der Waals surface area contributed by atoms with Crippen LogP contribution >= 0.6 is 38.9 Å². The highest BCUT2D eigenvalue weighted by Gasteiger charge is 2.23. The van der Waals surface area contributed by atoms with Crippen LogP contribution in [0.4, 0.5) is 0 Å². The average Bonchev–Trinajstić information content (AvgIpc) is 2.68. The molecular weight excluding hydrogens is 376 g/mol. The molecule has 1 aromatic rings. The molecule has 1 N–H and O–H groups in total. The summed E-state index contributed by atoms with van der Waals surface area (Å²) in [6.45, 7) is 2.48. The molecule has 2 heterocycles. The number of ether oxygens (including phenoxy) is 1. The molecule has 1 unspecified atom stereocenters. The SMILES string of the molecule is CN1CCOC(CNS(=O)(=O)c2cc(Cl)c(Br)s2)C1. The summed E-state index contributed by atoms with van der Waals surface area (Å²) in [5, 5.41) is 0.402. The van der Waals surface area contributed by atoms with Gasteiger partial charge in [-0.15, -0.1) is 11.3 Å². The monoisotopic (exact) mass is 388 g/mol. The van der Waals surface area contributed by atoms with Gasteiger partial charge in [-0.3, -0.25) is 0 Å². The number of nitrogens with zero attached hydrogens (tertiary/aromatic N) is 1. The van der Waals surface area contributed by atoms with Crippen LogP contribution in [-0.4, -0.2) is 52.7 Å². The quantitative estimate of drug-likeness (QED) is 0.853. The van der Waals surface area contributed by atoms with Gasteiger partial charge in [0, 0.05) is 19.6 Å². The lowest BCUT2D eigenvalue weighted by atomic mass is 10.3. The number of rotatable bonds is 4. The topological polar surface area (TPSA) is 58.6 Å². The summed E-state index contributed by atoms with van der Waals surface area (Å²) in [5.41, 5.74) is 0. The first-order valence-electron chi connectivity index (χ1n) is 5.63. The third-order valence-corrected chi connectivity index (χ3v) is 7.10. The molecule has 1 saturated heterocycles. The number of likely N-dealkylation sites (N-methyl/N-ethyl adjacent to an activating group) is 1. The van der Waals surface area contributed by atoms with Gasteiger partial charge in [-0.25, -0.2) is 13.1 Å². The molecule has 1 aliphatic heterocycles. The highest BCUT2D eigenvalue weighted by Crippen LogP contribution is 2.34. The van der Waals surface area contributed by atoms with Gasteiger partial charge in [0.15, 0.2) is 0 Å². The fourth-order valence-corrected chi connectivity index (χ4v) is 5.23. The van der Waals surface area contributed by atoms with Crippen molar-refractivity contribution in [2.24, 2.45) is 0 Å². The van der Waals surface area contributed by atoms with Crippen molar-refractivity contribution in [1.82, 2.24) is 9.62 Å². The van der Waals surface area contributed by atoms with E-state index >= 15 is 0 Å². The van der Waals surface area contributed by atoms with Crippen molar-refractivity contribution in [3.8, 4) is 0 Å². The summed E-state index contributed by atoms with van der Waals surface area (Å²) in [6.07, 6.45) is -0.118. The predicted octanol–water partition coefficient (Wildman–Crippen LogP) is 1.77. The molecule has 1 atom stereocenters. The standard InChI is InChI=1S/C10H14BrClN2O3S2/c1-14-2-3-17-7(6-14)5-13-19(15,16)9-4-8(12)10(11)18-9/h4,7,13H,2-3,5-6H2,1H3. The second-order valence-electron chi connectivity index (χ2n) is 4.29. The number of morpholine rings is 1. The minimum Gasteiger partial charge on any atom is -0.374 e. The van der Waals surface area contributed by atoms with Gasteiger partial charge in [-0.1, -0.05) is 11.6 Å². The highest BCUT2D eigenvalue weighted by molar-refractivity contribution is 9.11. The Morgan fingerprint density at radius 1 is 1.68 bits per heavy atom. The normalized spacial score (nSPS) is 21.7. The summed E-state index contributed by atoms with van der Waals surface area (Å²) in [4.78, 5) is 2.11. The van der Waals surface area contributed by atoms with E-state index in [1.54, 1.807) is 0 Å². The zero-order valence-electron chi connectivity index (χ0n) is 10.2. The van der Waals surface area contributed by atoms with Gasteiger partial charge in [0.2, 0.25) is 10.0 Å². The number of hydrogen-bond acceptors (Lipinski definition) is 5. The van der Waals surface area contributed by atoms with Gasteiger partial charge in [-0.2, -0.15) is 0 Å². The van der Waals surface area contributed by atoms with E-state index in [4.69, 9.17) is 16.3 Å². The molecule has 0 radical (unpaired) electrons. The van der Waals surface area contributed by atoms with Crippen molar-refractivity contribution in [3.63, 3.8) is 0 Å². The number of halogens is 2. The third-order valence-electron chi connectivity index (χ3n) is 2.73. The molecule has 2 rings (SSSR count). The van der Waals surface area contributed by atoms with Gasteiger partial charge < -0.3 is 9.64 Å². The van der Waals surface area contributed by atoms with Crippen molar-refractivity contribution >= 4 is 48.9 Å². The van der Waals surface area contributed by atoms with Crippen LogP contribution in [0.15, 0.2) is 14.1 Å². The minimum absolute atomic E-state index is 0.118. The molecule has 1 aromatic heterocycles. The first kappa shape index (κ1) is 15.7. The van der Waals surface area contributed by atoms with Gasteiger partial charge >= 0.3 is 0 Å². The largest absolute Gasteiger partial charge is 0.374 e. The summed E-state index contributed by atoms with van der Waals surface area (Å²) < 4.78 is 33.0. The lowest BCUT2D eigenvalue weighted by Gasteiger charge is -2.29. The Bertz CT molecular complexity index is 529. The van der Waals surface area contributed by atoms with Gasteiger partial charge in [0.05, 0.1) is 21.5 Å². The highest BCUT2D eigenvalue weighted by atomic mass is 79.9. The molecule has 0 aliphatic carbocycles. The Labute approximate surface area is 130 Å². The maximum Gasteiger partial charge on any atom is 0.250 e. The summed E-state index contributed by atoms with van der Waals surface area (Å²) >= 11 is 10.1. The van der Waals surface area contributed by atoms with Crippen molar-refractivity contribution in [2.75, 3.05) is 33.3 Å². The van der Waals surface area contributed by atoms with E-state index in [0.29, 0.717) is 15.4 Å². The number of thiophene rings is 1. The van der Waals surface area contributed by atoms with Crippen LogP contribution in [0.2, 0.25) is 5.02 Å². The van der Waals surface area contributed by atoms with Crippen molar-refractivity contribution < 1.29 is 13.2 Å². The molecule has 0 spiro atoms. The molecule has 108 valence electrons. The van der Waals surface area contributed by atoms with Gasteiger partial charge in [0.25, 0.3) is 0 Å². The van der Waals surface area contributed by atoms with E-state index in [0.717, 1.165) is 24.4 Å². The lowest BCUT2D eigenvalue weighted by molar-refractivity contribution is -0.0156. The summed E-state index contributed by atoms with van der Waals surface area (Å²) in [7, 11) is -1.54. The molecule has 0 aromatic carbocycles. The predicted molar refractivity (Wildman–Crippen MR) is 79.5 cm³/mol. The minimum atomic E-state index is -3.52. The third kappa shape index (κ3) is 4.13. The van der Waals surface area contributed by atoms with Gasteiger partial charge in [0.1, 0.15) is 4.21 Å². The van der Waals surface area contributed by atoms with Gasteiger partial charge in [-0.05, 0) is 29.0 Å². The van der Waals surface area contributed by atoms with Crippen LogP contribution in [-0.2, 0) is 14.8 Å². The van der Waals surface area contributed by atoms with Crippen LogP contribution in [0.5, 0.6) is 0 Å². The molecule has 0 bridgehead atoms. The van der Waals surface area contributed by atoms with Crippen molar-refractivity contribution in [1.29, 1.82) is 0 Å². The fraction of sp³-hybridized carbons (Fsp3) is 0.600. The zero-order chi connectivity index (χ0) is 14.0. The smallest absolute Gasteiger partial charge is 0.250 e. The Balaban J connectivity index is 1.98. The number of sulfonamides is 1. The van der Waals surface area contributed by atoms with E-state index in [2.05, 4.69) is 25.6 Å². The molecule has 19 heavy (non-hydrogen) atoms. The molecule has 5 nitrogen and oxygen atoms in total. The molecule has 1 fully saturated rings. The van der Waals surface area contributed by atoms with Crippen molar-refractivity contribution in [3.05, 3.63) is 14.9 Å². The van der Waals surface area contributed by atoms with Crippen LogP contribution in [0.25, 0.3) is 0 Å². The molecule has 0 amide bonds. The number of hydrogen-bond donors (Lipinski definition) is 1. The van der Waals surface area contributed by atoms with Crippen LogP contribution in [0.3, 0.4) is 0 Å². The van der Waals surface area contributed by atoms with E-state index < -0.39 is 10.0 Å². The molecule has 9 heteroatoms. The average molecular weight is 390 g/mol. The Morgan fingerprint density at radius 2 is 2.42 bits per heavy atom. The van der Waals surface area contributed by atoms with Crippen molar-refractivity contribution in [2.45, 2.75) is 10.3 Å². The maximum absolute atomic E-state index is 12.1. The van der Waals surface area contributed by atoms with E-state index in [9.17, 15) is 8.42 Å². The van der Waals surface area contributed by atoms with E-state index in [1.807, 2.05) is 7.05 Å². The fourth-order valence-electron chi connectivity index (χ4n) is 1.72. The molecular formula is C10H14BrClN2O3S2. The Kier molecular flexibility index (Phi) is 5.27. The van der Waals surface area contributed by atoms with E-state index in [-0.39, 0.29) is 16.9 Å². The van der Waals surface area contributed by atoms with Crippen LogP contribution < -0.4 is 4.72 Å². The zero-order valence-corrected chi connectivity index (χ0v) is 14.2. The number of nitrogens with one attached hydrogen (secondary N) is 1. The van der Waals surface area contributed by atoms with E-state index in [1.165, 1.54) is 6.07 Å². The lowest BCUT2D eigenvalue weighted by Crippen LogP contribution is -2.45. The molecule has 0 saturated carbocycles.